The predicted molar refractivity (Wildman–Crippen MR) is 155 cm³/mol. The highest BCUT2D eigenvalue weighted by Crippen LogP contribution is 2.44. The zero-order chi connectivity index (χ0) is 28.1. The van der Waals surface area contributed by atoms with Crippen molar-refractivity contribution >= 4 is 28.0 Å². The Morgan fingerprint density at radius 3 is 2.20 bits per heavy atom. The van der Waals surface area contributed by atoms with E-state index >= 15 is 0 Å². The van der Waals surface area contributed by atoms with Gasteiger partial charge in [-0.05, 0) is 68.0 Å². The highest BCUT2D eigenvalue weighted by molar-refractivity contribution is 9.10. The number of carboxylic acids is 1. The summed E-state index contributed by atoms with van der Waals surface area (Å²) >= 11 is 3.47. The minimum atomic E-state index is -1.18. The Hall–Kier alpha value is -4.30. The van der Waals surface area contributed by atoms with Crippen molar-refractivity contribution in [3.63, 3.8) is 0 Å². The summed E-state index contributed by atoms with van der Waals surface area (Å²) in [5.74, 6) is 0.0213. The van der Waals surface area contributed by atoms with Crippen LogP contribution in [0.1, 0.15) is 28.2 Å². The van der Waals surface area contributed by atoms with Crippen LogP contribution in [0.25, 0.3) is 11.1 Å². The van der Waals surface area contributed by atoms with Gasteiger partial charge in [-0.3, -0.25) is 0 Å². The second-order valence-corrected chi connectivity index (χ2v) is 10.3. The molecule has 7 nitrogen and oxygen atoms in total. The van der Waals surface area contributed by atoms with Crippen LogP contribution in [0.5, 0.6) is 11.5 Å². The number of methoxy groups -OCH3 is 1. The van der Waals surface area contributed by atoms with E-state index in [1.807, 2.05) is 66.7 Å². The molecular formula is C32H28BrNO6. The van der Waals surface area contributed by atoms with Gasteiger partial charge in [0.05, 0.1) is 11.6 Å². The Bertz CT molecular complexity index is 1490. The lowest BCUT2D eigenvalue weighted by molar-refractivity contribution is -0.139. The van der Waals surface area contributed by atoms with E-state index in [9.17, 15) is 14.7 Å². The number of hydrogen-bond donors (Lipinski definition) is 2. The number of carboxylic acid groups (broad SMARTS) is 1. The molecule has 0 saturated heterocycles. The number of rotatable bonds is 10. The van der Waals surface area contributed by atoms with E-state index in [1.165, 1.54) is 0 Å². The Morgan fingerprint density at radius 1 is 0.900 bits per heavy atom. The SMILES string of the molecule is COc1ccc(CC(NC(=O)OCC2c3ccccc3-c3ccccc32)C(=O)O)cc1COc1ccccc1Br. The number of para-hydroxylation sites is 1. The number of halogens is 1. The Morgan fingerprint density at radius 2 is 1.55 bits per heavy atom. The summed E-state index contributed by atoms with van der Waals surface area (Å²) in [4.78, 5) is 24.8. The highest BCUT2D eigenvalue weighted by atomic mass is 79.9. The van der Waals surface area contributed by atoms with Gasteiger partial charge in [0, 0.05) is 17.9 Å². The third kappa shape index (κ3) is 5.97. The molecule has 0 heterocycles. The van der Waals surface area contributed by atoms with Crippen molar-refractivity contribution in [1.29, 1.82) is 0 Å². The van der Waals surface area contributed by atoms with Crippen molar-refractivity contribution in [2.24, 2.45) is 0 Å². The van der Waals surface area contributed by atoms with Gasteiger partial charge in [0.15, 0.2) is 0 Å². The first-order valence-electron chi connectivity index (χ1n) is 12.8. The number of benzene rings is 4. The molecule has 8 heteroatoms. The second kappa shape index (κ2) is 12.3. The molecule has 1 aliphatic carbocycles. The number of fused-ring (bicyclic) bond motifs is 3. The van der Waals surface area contributed by atoms with Crippen molar-refractivity contribution in [2.75, 3.05) is 13.7 Å². The van der Waals surface area contributed by atoms with E-state index in [2.05, 4.69) is 33.4 Å². The average molecular weight is 602 g/mol. The molecule has 1 aliphatic rings. The van der Waals surface area contributed by atoms with Gasteiger partial charge >= 0.3 is 12.1 Å². The highest BCUT2D eigenvalue weighted by Gasteiger charge is 2.30. The minimum Gasteiger partial charge on any atom is -0.496 e. The van der Waals surface area contributed by atoms with E-state index in [0.29, 0.717) is 17.1 Å². The first-order valence-corrected chi connectivity index (χ1v) is 13.6. The number of hydrogen-bond acceptors (Lipinski definition) is 5. The lowest BCUT2D eigenvalue weighted by Crippen LogP contribution is -2.42. The van der Waals surface area contributed by atoms with Crippen LogP contribution < -0.4 is 14.8 Å². The van der Waals surface area contributed by atoms with Crippen molar-refractivity contribution in [3.8, 4) is 22.6 Å². The van der Waals surface area contributed by atoms with E-state index < -0.39 is 18.1 Å². The van der Waals surface area contributed by atoms with Crippen LogP contribution in [0.2, 0.25) is 0 Å². The Labute approximate surface area is 240 Å². The first kappa shape index (κ1) is 27.3. The maximum absolute atomic E-state index is 12.7. The lowest BCUT2D eigenvalue weighted by Gasteiger charge is -2.18. The fourth-order valence-electron chi connectivity index (χ4n) is 5.01. The summed E-state index contributed by atoms with van der Waals surface area (Å²) < 4.78 is 17.8. The van der Waals surface area contributed by atoms with Crippen LogP contribution in [0.15, 0.2) is 95.5 Å². The minimum absolute atomic E-state index is 0.0611. The summed E-state index contributed by atoms with van der Waals surface area (Å²) in [6, 6.07) is 27.8. The molecule has 1 amide bonds. The molecule has 204 valence electrons. The zero-order valence-corrected chi connectivity index (χ0v) is 23.4. The number of alkyl carbamates (subject to hydrolysis) is 1. The third-order valence-corrected chi connectivity index (χ3v) is 7.59. The summed E-state index contributed by atoms with van der Waals surface area (Å²) in [6.45, 7) is 0.322. The maximum atomic E-state index is 12.7. The summed E-state index contributed by atoms with van der Waals surface area (Å²) in [7, 11) is 1.57. The fraction of sp³-hybridized carbons (Fsp3) is 0.188. The molecule has 1 atom stereocenters. The fourth-order valence-corrected chi connectivity index (χ4v) is 5.41. The largest absolute Gasteiger partial charge is 0.496 e. The van der Waals surface area contributed by atoms with E-state index in [-0.39, 0.29) is 25.6 Å². The second-order valence-electron chi connectivity index (χ2n) is 9.43. The van der Waals surface area contributed by atoms with Gasteiger partial charge in [-0.2, -0.15) is 0 Å². The molecule has 0 radical (unpaired) electrons. The zero-order valence-electron chi connectivity index (χ0n) is 21.8. The summed E-state index contributed by atoms with van der Waals surface area (Å²) in [6.07, 6.45) is -0.716. The predicted octanol–water partition coefficient (Wildman–Crippen LogP) is 6.57. The number of nitrogens with one attached hydrogen (secondary N) is 1. The molecule has 4 aromatic rings. The molecule has 0 aliphatic heterocycles. The van der Waals surface area contributed by atoms with Crippen LogP contribution in [0, 0.1) is 0 Å². The van der Waals surface area contributed by atoms with Gasteiger partial charge in [0.2, 0.25) is 0 Å². The molecule has 0 fully saturated rings. The summed E-state index contributed by atoms with van der Waals surface area (Å²) in [5, 5.41) is 12.4. The van der Waals surface area contributed by atoms with E-state index in [4.69, 9.17) is 14.2 Å². The van der Waals surface area contributed by atoms with E-state index in [1.54, 1.807) is 19.2 Å². The molecule has 0 saturated carbocycles. The lowest BCUT2D eigenvalue weighted by atomic mass is 9.98. The topological polar surface area (TPSA) is 94.1 Å². The van der Waals surface area contributed by atoms with Crippen molar-refractivity contribution in [2.45, 2.75) is 25.0 Å². The van der Waals surface area contributed by atoms with Crippen molar-refractivity contribution in [3.05, 3.63) is 118 Å². The van der Waals surface area contributed by atoms with Gasteiger partial charge in [0.25, 0.3) is 0 Å². The number of ether oxygens (including phenoxy) is 3. The molecule has 1 unspecified atom stereocenters. The van der Waals surface area contributed by atoms with Gasteiger partial charge < -0.3 is 24.6 Å². The molecule has 0 spiro atoms. The average Bonchev–Trinajstić information content (AvgIpc) is 3.29. The standard InChI is InChI=1S/C32H28BrNO6/c1-38-29-15-14-20(16-21(29)18-39-30-13-7-6-12-27(30)33)17-28(31(35)36)34-32(37)40-19-26-24-10-4-2-8-22(24)23-9-3-5-11-25(23)26/h2-16,26,28H,17-19H2,1H3,(H,34,37)(H,35,36). The third-order valence-electron chi connectivity index (χ3n) is 6.94. The van der Waals surface area contributed by atoms with E-state index in [0.717, 1.165) is 32.3 Å². The summed E-state index contributed by atoms with van der Waals surface area (Å²) in [5.41, 5.74) is 5.87. The van der Waals surface area contributed by atoms with Crippen LogP contribution >= 0.6 is 15.9 Å². The van der Waals surface area contributed by atoms with Crippen molar-refractivity contribution in [1.82, 2.24) is 5.32 Å². The van der Waals surface area contributed by atoms with Crippen molar-refractivity contribution < 1.29 is 28.9 Å². The van der Waals surface area contributed by atoms with Gasteiger partial charge in [0.1, 0.15) is 30.8 Å². The molecule has 4 aromatic carbocycles. The quantitative estimate of drug-likeness (QED) is 0.213. The van der Waals surface area contributed by atoms with Crippen LogP contribution in [0.3, 0.4) is 0 Å². The number of carbonyl (C=O) groups is 2. The molecular weight excluding hydrogens is 574 g/mol. The van der Waals surface area contributed by atoms with Crippen LogP contribution in [-0.4, -0.2) is 36.9 Å². The molecule has 0 aromatic heterocycles. The van der Waals surface area contributed by atoms with Gasteiger partial charge in [-0.15, -0.1) is 0 Å². The van der Waals surface area contributed by atoms with Gasteiger partial charge in [-0.25, -0.2) is 9.59 Å². The number of aliphatic carboxylic acids is 1. The smallest absolute Gasteiger partial charge is 0.407 e. The normalized spacial score (nSPS) is 12.7. The Kier molecular flexibility index (Phi) is 8.36. The molecule has 2 N–H and O–H groups in total. The molecule has 5 rings (SSSR count). The van der Waals surface area contributed by atoms with Gasteiger partial charge in [-0.1, -0.05) is 66.7 Å². The number of amides is 1. The number of carbonyl (C=O) groups excluding carboxylic acids is 1. The van der Waals surface area contributed by atoms with Crippen LogP contribution in [-0.2, 0) is 22.6 Å². The monoisotopic (exact) mass is 601 g/mol. The maximum Gasteiger partial charge on any atom is 0.407 e. The Balaban J connectivity index is 1.24. The molecule has 40 heavy (non-hydrogen) atoms. The first-order chi connectivity index (χ1) is 19.4. The van der Waals surface area contributed by atoms with Crippen LogP contribution in [0.4, 0.5) is 4.79 Å². The molecule has 0 bridgehead atoms.